The SMILES string of the molecule is O=C(O)[C@H]1O[C@@H](O[C@@H]2[C@@H](O)[C@H](O[C@H]3[C@H](Oc4cc(O)c5c(=O)cc(-c6ccc(O)cc6)oc5c4)O[C@H](C(=O)O)[C@@H](O)[C@@H]3O)O[C@H](C(=O)O)[C@H]2O)[C@H](O)[C@@H](O)[C@@H]1O. The van der Waals surface area contributed by atoms with Crippen molar-refractivity contribution >= 4 is 28.9 Å². The zero-order valence-corrected chi connectivity index (χ0v) is 28.1. The zero-order chi connectivity index (χ0) is 40.9. The number of carboxylic acids is 3. The van der Waals surface area contributed by atoms with Crippen molar-refractivity contribution in [1.82, 2.24) is 0 Å². The summed E-state index contributed by atoms with van der Waals surface area (Å²) in [5.74, 6) is -6.81. The molecule has 1 aromatic heterocycles. The lowest BCUT2D eigenvalue weighted by molar-refractivity contribution is -0.373. The number of hydrogen-bond donors (Lipinski definition) is 12. The third kappa shape index (κ3) is 7.70. The molecular weight excluding hydrogens is 764 g/mol. The van der Waals surface area contributed by atoms with Crippen LogP contribution in [-0.2, 0) is 38.1 Å². The fourth-order valence-electron chi connectivity index (χ4n) is 6.28. The van der Waals surface area contributed by atoms with Crippen molar-refractivity contribution in [2.45, 2.75) is 92.1 Å². The fraction of sp³-hybridized carbons (Fsp3) is 0.455. The Balaban J connectivity index is 1.32. The van der Waals surface area contributed by atoms with Crippen LogP contribution in [0, 0.1) is 0 Å². The maximum atomic E-state index is 12.9. The second-order valence-corrected chi connectivity index (χ2v) is 12.9. The van der Waals surface area contributed by atoms with Crippen LogP contribution in [0.4, 0.5) is 0 Å². The molecule has 2 aromatic carbocycles. The van der Waals surface area contributed by atoms with Gasteiger partial charge in [-0.15, -0.1) is 0 Å². The van der Waals surface area contributed by atoms with Gasteiger partial charge in [0, 0.05) is 23.8 Å². The van der Waals surface area contributed by atoms with Crippen LogP contribution < -0.4 is 10.2 Å². The summed E-state index contributed by atoms with van der Waals surface area (Å²) in [4.78, 5) is 48.6. The summed E-state index contributed by atoms with van der Waals surface area (Å²) in [6, 6.07) is 8.44. The second-order valence-electron chi connectivity index (χ2n) is 12.9. The molecule has 4 heterocycles. The first-order valence-electron chi connectivity index (χ1n) is 16.4. The number of carboxylic acid groups (broad SMARTS) is 3. The average molecular weight is 799 g/mol. The Hall–Kier alpha value is -5.02. The summed E-state index contributed by atoms with van der Waals surface area (Å²) >= 11 is 0. The van der Waals surface area contributed by atoms with Gasteiger partial charge >= 0.3 is 17.9 Å². The summed E-state index contributed by atoms with van der Waals surface area (Å²) in [6.45, 7) is 0. The second kappa shape index (κ2) is 15.8. The highest BCUT2D eigenvalue weighted by Crippen LogP contribution is 2.36. The molecule has 0 aliphatic carbocycles. The molecule has 0 amide bonds. The van der Waals surface area contributed by atoms with E-state index >= 15 is 0 Å². The molecule has 23 heteroatoms. The first-order chi connectivity index (χ1) is 26.4. The molecule has 3 fully saturated rings. The molecule has 23 nitrogen and oxygen atoms in total. The van der Waals surface area contributed by atoms with E-state index in [0.29, 0.717) is 5.56 Å². The van der Waals surface area contributed by atoms with Crippen molar-refractivity contribution in [1.29, 1.82) is 0 Å². The highest BCUT2D eigenvalue weighted by Gasteiger charge is 2.56. The van der Waals surface area contributed by atoms with Gasteiger partial charge in [-0.25, -0.2) is 14.4 Å². The number of carbonyl (C=O) groups is 3. The molecule has 56 heavy (non-hydrogen) atoms. The van der Waals surface area contributed by atoms with E-state index < -0.39 is 127 Å². The highest BCUT2D eigenvalue weighted by molar-refractivity contribution is 5.86. The summed E-state index contributed by atoms with van der Waals surface area (Å²) in [5, 5.41) is 123. The van der Waals surface area contributed by atoms with Crippen LogP contribution in [0.3, 0.4) is 0 Å². The smallest absolute Gasteiger partial charge is 0.335 e. The quantitative estimate of drug-likeness (QED) is 0.0929. The number of hydrogen-bond acceptors (Lipinski definition) is 20. The Morgan fingerprint density at radius 1 is 0.571 bits per heavy atom. The van der Waals surface area contributed by atoms with Crippen molar-refractivity contribution in [3.8, 4) is 28.6 Å². The van der Waals surface area contributed by atoms with E-state index in [1.807, 2.05) is 0 Å². The van der Waals surface area contributed by atoms with Gasteiger partial charge < -0.3 is 94.1 Å². The Morgan fingerprint density at radius 3 is 1.68 bits per heavy atom. The first kappa shape index (κ1) is 40.6. The minimum absolute atomic E-state index is 0.0237. The molecule has 0 bridgehead atoms. The number of benzene rings is 2. The van der Waals surface area contributed by atoms with E-state index in [-0.39, 0.29) is 22.5 Å². The third-order valence-electron chi connectivity index (χ3n) is 9.16. The first-order valence-corrected chi connectivity index (χ1v) is 16.4. The fourth-order valence-corrected chi connectivity index (χ4v) is 6.28. The van der Waals surface area contributed by atoms with Crippen LogP contribution in [0.25, 0.3) is 22.3 Å². The minimum Gasteiger partial charge on any atom is -0.508 e. The highest BCUT2D eigenvalue weighted by atomic mass is 16.8. The molecule has 3 aromatic rings. The van der Waals surface area contributed by atoms with Crippen molar-refractivity contribution < 1.29 is 109 Å². The van der Waals surface area contributed by atoms with Gasteiger partial charge in [-0.05, 0) is 24.3 Å². The van der Waals surface area contributed by atoms with Crippen molar-refractivity contribution in [3.63, 3.8) is 0 Å². The number of aromatic hydroxyl groups is 2. The van der Waals surface area contributed by atoms with E-state index in [4.69, 9.17) is 32.8 Å². The van der Waals surface area contributed by atoms with E-state index in [1.165, 1.54) is 24.3 Å². The van der Waals surface area contributed by atoms with Crippen LogP contribution in [0.2, 0.25) is 0 Å². The number of phenols is 2. The Labute approximate surface area is 310 Å². The number of fused-ring (bicyclic) bond motifs is 1. The molecule has 12 N–H and O–H groups in total. The number of ether oxygens (including phenoxy) is 6. The Kier molecular flexibility index (Phi) is 11.5. The van der Waals surface area contributed by atoms with Gasteiger partial charge in [-0.3, -0.25) is 4.79 Å². The maximum Gasteiger partial charge on any atom is 0.335 e. The zero-order valence-electron chi connectivity index (χ0n) is 28.1. The molecule has 6 rings (SSSR count). The van der Waals surface area contributed by atoms with Gasteiger partial charge in [0.25, 0.3) is 0 Å². The van der Waals surface area contributed by atoms with Crippen LogP contribution >= 0.6 is 0 Å². The maximum absolute atomic E-state index is 12.9. The lowest BCUT2D eigenvalue weighted by Crippen LogP contribution is -2.67. The summed E-state index contributed by atoms with van der Waals surface area (Å²) < 4.78 is 38.0. The number of aliphatic carboxylic acids is 3. The van der Waals surface area contributed by atoms with Gasteiger partial charge in [0.15, 0.2) is 42.4 Å². The van der Waals surface area contributed by atoms with Crippen LogP contribution in [-0.4, -0.2) is 171 Å². The van der Waals surface area contributed by atoms with E-state index in [1.54, 1.807) is 0 Å². The normalized spacial score (nSPS) is 36.2. The minimum atomic E-state index is -2.37. The standard InChI is InChI=1S/C33H34O23/c34-9-3-1-8(2-4-9)13-7-12(36)15-11(35)5-10(6-14(15)51-13)50-33-27(19(40)18(39)25(55-33)29(46)47)56-32-22(43)23(21(42)26(54-32)30(48)49)52-31-20(41)16(37)17(38)24(53-31)28(44)45/h1-7,16-27,31-35,37-43H,(H,44,45)(H,46,47)(H,48,49)/t16-,17-,18-,19-,20+,21-,22+,23-,24-,25-,26-,27+,31+,32-,33+/m0/s1. The van der Waals surface area contributed by atoms with E-state index in [2.05, 4.69) is 0 Å². The van der Waals surface area contributed by atoms with Gasteiger partial charge in [0.1, 0.15) is 82.8 Å². The monoisotopic (exact) mass is 798 g/mol. The van der Waals surface area contributed by atoms with Gasteiger partial charge in [0.05, 0.1) is 0 Å². The number of phenolic OH excluding ortho intramolecular Hbond substituents is 2. The van der Waals surface area contributed by atoms with E-state index in [9.17, 15) is 80.5 Å². The van der Waals surface area contributed by atoms with Crippen molar-refractivity contribution in [2.24, 2.45) is 0 Å². The predicted molar refractivity (Wildman–Crippen MR) is 173 cm³/mol. The lowest BCUT2D eigenvalue weighted by atomic mass is 9.96. The average Bonchev–Trinajstić information content (AvgIpc) is 3.13. The Morgan fingerprint density at radius 2 is 1.09 bits per heavy atom. The number of rotatable bonds is 10. The summed E-state index contributed by atoms with van der Waals surface area (Å²) in [7, 11) is 0. The Bertz CT molecular complexity index is 2000. The largest absolute Gasteiger partial charge is 0.508 e. The van der Waals surface area contributed by atoms with Crippen molar-refractivity contribution in [2.75, 3.05) is 0 Å². The summed E-state index contributed by atoms with van der Waals surface area (Å²) in [6.07, 6.45) is -33.9. The lowest BCUT2D eigenvalue weighted by Gasteiger charge is -2.47. The predicted octanol–water partition coefficient (Wildman–Crippen LogP) is -4.02. The van der Waals surface area contributed by atoms with Crippen molar-refractivity contribution in [3.05, 3.63) is 52.7 Å². The molecule has 15 atom stereocenters. The number of aliphatic hydroxyl groups excluding tert-OH is 7. The van der Waals surface area contributed by atoms with Gasteiger partial charge in [-0.1, -0.05) is 0 Å². The van der Waals surface area contributed by atoms with Crippen LogP contribution in [0.5, 0.6) is 17.2 Å². The molecule has 0 radical (unpaired) electrons. The molecule has 3 saturated heterocycles. The topological polar surface area (TPSA) is 380 Å². The molecule has 3 aliphatic heterocycles. The molecule has 0 spiro atoms. The molecule has 0 saturated carbocycles. The van der Waals surface area contributed by atoms with E-state index in [0.717, 1.165) is 18.2 Å². The van der Waals surface area contributed by atoms with Gasteiger partial charge in [-0.2, -0.15) is 0 Å². The van der Waals surface area contributed by atoms with Crippen LogP contribution in [0.15, 0.2) is 51.7 Å². The molecule has 304 valence electrons. The number of aliphatic hydroxyl groups is 7. The molecule has 0 unspecified atom stereocenters. The van der Waals surface area contributed by atoms with Crippen LogP contribution in [0.1, 0.15) is 0 Å². The third-order valence-corrected chi connectivity index (χ3v) is 9.16. The summed E-state index contributed by atoms with van der Waals surface area (Å²) in [5.41, 5.74) is -0.682. The molecule has 3 aliphatic rings. The van der Waals surface area contributed by atoms with Gasteiger partial charge in [0.2, 0.25) is 6.29 Å². The molecular formula is C33H34O23.